The number of aliphatic carboxylic acids is 1. The topological polar surface area (TPSA) is 37.3 Å². The molecule has 0 rings (SSSR count). The van der Waals surface area contributed by atoms with E-state index in [1.807, 2.05) is 6.08 Å². The molecule has 0 atom stereocenters. The number of hydrogen-bond donors (Lipinski definition) is 1. The first-order valence-electron chi connectivity index (χ1n) is 5.20. The maximum atomic E-state index is 10.4. The maximum absolute atomic E-state index is 10.4. The van der Waals surface area contributed by atoms with E-state index in [1.165, 1.54) is 19.3 Å². The lowest BCUT2D eigenvalue weighted by molar-refractivity contribution is -0.132. The van der Waals surface area contributed by atoms with Gasteiger partial charge in [0.15, 0.2) is 0 Å². The first kappa shape index (κ1) is 12.9. The van der Waals surface area contributed by atoms with Crippen LogP contribution in [0.5, 0.6) is 0 Å². The van der Waals surface area contributed by atoms with Gasteiger partial charge in [-0.3, -0.25) is 0 Å². The van der Waals surface area contributed by atoms with Crippen LogP contribution in [-0.2, 0) is 4.79 Å². The van der Waals surface area contributed by atoms with Gasteiger partial charge in [-0.2, -0.15) is 0 Å². The van der Waals surface area contributed by atoms with Gasteiger partial charge in [0.2, 0.25) is 0 Å². The lowest BCUT2D eigenvalue weighted by Gasteiger charge is -2.00. The number of carbonyl (C=O) groups is 1. The predicted octanol–water partition coefficient (Wildman–Crippen LogP) is 3.54. The Morgan fingerprint density at radius 1 is 1.14 bits per heavy atom. The molecular weight excluding hydrogens is 176 g/mol. The molecule has 1 N–H and O–H groups in total. The zero-order valence-electron chi connectivity index (χ0n) is 8.80. The molecule has 2 heteroatoms. The Morgan fingerprint density at radius 2 is 1.71 bits per heavy atom. The third kappa shape index (κ3) is 7.59. The highest BCUT2D eigenvalue weighted by atomic mass is 16.4. The third-order valence-electron chi connectivity index (χ3n) is 2.19. The highest BCUT2D eigenvalue weighted by Gasteiger charge is 2.02. The van der Waals surface area contributed by atoms with E-state index in [2.05, 4.69) is 13.2 Å². The summed E-state index contributed by atoms with van der Waals surface area (Å²) in [6.45, 7) is 7.15. The van der Waals surface area contributed by atoms with E-state index in [1.54, 1.807) is 0 Å². The van der Waals surface area contributed by atoms with Gasteiger partial charge < -0.3 is 5.11 Å². The van der Waals surface area contributed by atoms with Gasteiger partial charge in [0.1, 0.15) is 0 Å². The van der Waals surface area contributed by atoms with Crippen LogP contribution in [0.4, 0.5) is 0 Å². The first-order chi connectivity index (χ1) is 6.68. The van der Waals surface area contributed by atoms with Gasteiger partial charge in [-0.15, -0.1) is 6.58 Å². The van der Waals surface area contributed by atoms with Gasteiger partial charge in [0, 0.05) is 5.57 Å². The van der Waals surface area contributed by atoms with Crippen LogP contribution in [0.1, 0.15) is 44.9 Å². The Balaban J connectivity index is 3.17. The molecule has 0 saturated carbocycles. The molecule has 0 saturated heterocycles. The molecule has 0 fully saturated rings. The molecular formula is C12H20O2. The predicted molar refractivity (Wildman–Crippen MR) is 59.3 cm³/mol. The largest absolute Gasteiger partial charge is 0.478 e. The minimum Gasteiger partial charge on any atom is -0.478 e. The summed E-state index contributed by atoms with van der Waals surface area (Å²) in [5.74, 6) is -0.864. The summed E-state index contributed by atoms with van der Waals surface area (Å²) in [6, 6.07) is 0. The molecule has 0 aromatic carbocycles. The molecule has 0 radical (unpaired) electrons. The summed E-state index contributed by atoms with van der Waals surface area (Å²) in [6.07, 6.45) is 9.28. The first-order valence-corrected chi connectivity index (χ1v) is 5.20. The second kappa shape index (κ2) is 8.54. The SMILES string of the molecule is C=CCCCCCCCC(=C)C(=O)O. The normalized spacial score (nSPS) is 9.71. The molecule has 0 amide bonds. The molecule has 0 bridgehead atoms. The summed E-state index contributed by atoms with van der Waals surface area (Å²) in [5, 5.41) is 8.54. The molecule has 80 valence electrons. The van der Waals surface area contributed by atoms with Gasteiger partial charge in [-0.05, 0) is 25.7 Å². The van der Waals surface area contributed by atoms with Gasteiger partial charge in [0.25, 0.3) is 0 Å². The zero-order chi connectivity index (χ0) is 10.8. The van der Waals surface area contributed by atoms with Crippen LogP contribution < -0.4 is 0 Å². The van der Waals surface area contributed by atoms with Crippen molar-refractivity contribution in [2.75, 3.05) is 0 Å². The standard InChI is InChI=1S/C12H20O2/c1-3-4-5-6-7-8-9-10-11(2)12(13)14/h3H,1-2,4-10H2,(H,13,14). The van der Waals surface area contributed by atoms with E-state index in [0.29, 0.717) is 12.0 Å². The number of carboxylic acids is 1. The van der Waals surface area contributed by atoms with E-state index >= 15 is 0 Å². The number of carboxylic acid groups (broad SMARTS) is 1. The molecule has 0 aliphatic carbocycles. The maximum Gasteiger partial charge on any atom is 0.330 e. The molecule has 0 aromatic rings. The van der Waals surface area contributed by atoms with Crippen LogP contribution >= 0.6 is 0 Å². The van der Waals surface area contributed by atoms with Gasteiger partial charge >= 0.3 is 5.97 Å². The van der Waals surface area contributed by atoms with Gasteiger partial charge in [0.05, 0.1) is 0 Å². The number of hydrogen-bond acceptors (Lipinski definition) is 1. The van der Waals surface area contributed by atoms with Gasteiger partial charge in [-0.25, -0.2) is 4.79 Å². The van der Waals surface area contributed by atoms with E-state index < -0.39 is 5.97 Å². The van der Waals surface area contributed by atoms with E-state index in [0.717, 1.165) is 19.3 Å². The number of allylic oxidation sites excluding steroid dienone is 1. The van der Waals surface area contributed by atoms with Crippen molar-refractivity contribution in [2.24, 2.45) is 0 Å². The van der Waals surface area contributed by atoms with E-state index in [-0.39, 0.29) is 0 Å². The molecule has 0 aliphatic heterocycles. The fourth-order valence-corrected chi connectivity index (χ4v) is 1.26. The zero-order valence-corrected chi connectivity index (χ0v) is 8.80. The van der Waals surface area contributed by atoms with Crippen molar-refractivity contribution < 1.29 is 9.90 Å². The van der Waals surface area contributed by atoms with Crippen molar-refractivity contribution in [2.45, 2.75) is 44.9 Å². The van der Waals surface area contributed by atoms with Gasteiger partial charge in [-0.1, -0.05) is 31.9 Å². The van der Waals surface area contributed by atoms with Crippen LogP contribution in [0.25, 0.3) is 0 Å². The molecule has 0 heterocycles. The van der Waals surface area contributed by atoms with Crippen LogP contribution in [0.3, 0.4) is 0 Å². The van der Waals surface area contributed by atoms with E-state index in [9.17, 15) is 4.79 Å². The quantitative estimate of drug-likeness (QED) is 0.348. The molecule has 0 aromatic heterocycles. The Labute approximate surface area is 86.3 Å². The Kier molecular flexibility index (Phi) is 7.90. The fourth-order valence-electron chi connectivity index (χ4n) is 1.26. The minimum atomic E-state index is -0.864. The molecule has 2 nitrogen and oxygen atoms in total. The fraction of sp³-hybridized carbons (Fsp3) is 0.583. The van der Waals surface area contributed by atoms with Crippen molar-refractivity contribution in [3.63, 3.8) is 0 Å². The Hall–Kier alpha value is -1.05. The average molecular weight is 196 g/mol. The second-order valence-corrected chi connectivity index (χ2v) is 3.50. The molecule has 0 aliphatic rings. The summed E-state index contributed by atoms with van der Waals surface area (Å²) in [4.78, 5) is 10.4. The monoisotopic (exact) mass is 196 g/mol. The summed E-state index contributed by atoms with van der Waals surface area (Å²) >= 11 is 0. The van der Waals surface area contributed by atoms with Crippen LogP contribution in [0, 0.1) is 0 Å². The summed E-state index contributed by atoms with van der Waals surface area (Å²) in [5.41, 5.74) is 0.330. The van der Waals surface area contributed by atoms with Crippen LogP contribution in [0.15, 0.2) is 24.8 Å². The lowest BCUT2D eigenvalue weighted by Crippen LogP contribution is -1.98. The number of unbranched alkanes of at least 4 members (excludes halogenated alkanes) is 5. The third-order valence-corrected chi connectivity index (χ3v) is 2.19. The van der Waals surface area contributed by atoms with Crippen molar-refractivity contribution in [3.8, 4) is 0 Å². The molecule has 0 spiro atoms. The van der Waals surface area contributed by atoms with Crippen molar-refractivity contribution in [1.82, 2.24) is 0 Å². The van der Waals surface area contributed by atoms with Crippen LogP contribution in [0.2, 0.25) is 0 Å². The van der Waals surface area contributed by atoms with Crippen molar-refractivity contribution in [1.29, 1.82) is 0 Å². The summed E-state index contributed by atoms with van der Waals surface area (Å²) in [7, 11) is 0. The van der Waals surface area contributed by atoms with Crippen LogP contribution in [-0.4, -0.2) is 11.1 Å². The van der Waals surface area contributed by atoms with E-state index in [4.69, 9.17) is 5.11 Å². The number of rotatable bonds is 9. The summed E-state index contributed by atoms with van der Waals surface area (Å²) < 4.78 is 0. The second-order valence-electron chi connectivity index (χ2n) is 3.50. The smallest absolute Gasteiger partial charge is 0.330 e. The Bertz CT molecular complexity index is 194. The lowest BCUT2D eigenvalue weighted by atomic mass is 10.1. The average Bonchev–Trinajstić information content (AvgIpc) is 2.16. The minimum absolute atomic E-state index is 0.330. The Morgan fingerprint density at radius 3 is 2.29 bits per heavy atom. The molecule has 14 heavy (non-hydrogen) atoms. The van der Waals surface area contributed by atoms with Crippen molar-refractivity contribution >= 4 is 5.97 Å². The highest BCUT2D eigenvalue weighted by Crippen LogP contribution is 2.10. The van der Waals surface area contributed by atoms with Crippen molar-refractivity contribution in [3.05, 3.63) is 24.8 Å². The molecule has 0 unspecified atom stereocenters. The highest BCUT2D eigenvalue weighted by molar-refractivity contribution is 5.85.